The number of thiophene rings is 1. The number of nitrogens with zero attached hydrogens (tertiary/aromatic N) is 1. The van der Waals surface area contributed by atoms with Crippen molar-refractivity contribution in [3.05, 3.63) is 21.9 Å². The van der Waals surface area contributed by atoms with Crippen LogP contribution in [0.25, 0.3) is 0 Å². The highest BCUT2D eigenvalue weighted by Gasteiger charge is 2.14. The molecule has 0 aliphatic heterocycles. The van der Waals surface area contributed by atoms with Gasteiger partial charge in [-0.1, -0.05) is 0 Å². The second kappa shape index (κ2) is 10.3. The van der Waals surface area contributed by atoms with Crippen LogP contribution in [0, 0.1) is 6.92 Å². The van der Waals surface area contributed by atoms with Gasteiger partial charge in [0.25, 0.3) is 0 Å². The van der Waals surface area contributed by atoms with Crippen LogP contribution in [0.1, 0.15) is 46.7 Å². The smallest absolute Gasteiger partial charge is 0.222 e. The minimum Gasteiger partial charge on any atom is -0.385 e. The van der Waals surface area contributed by atoms with E-state index < -0.39 is 0 Å². The predicted octanol–water partition coefficient (Wildman–Crippen LogP) is 2.86. The highest BCUT2D eigenvalue weighted by molar-refractivity contribution is 7.14. The van der Waals surface area contributed by atoms with Crippen molar-refractivity contribution in [1.29, 1.82) is 0 Å². The van der Waals surface area contributed by atoms with Crippen LogP contribution in [-0.4, -0.2) is 49.7 Å². The van der Waals surface area contributed by atoms with E-state index in [2.05, 4.69) is 0 Å². The molecule has 0 aliphatic rings. The van der Waals surface area contributed by atoms with Crippen molar-refractivity contribution >= 4 is 28.8 Å². The number of ether oxygens (including phenoxy) is 1. The van der Waals surface area contributed by atoms with E-state index in [0.717, 1.165) is 11.3 Å². The average Bonchev–Trinajstić information content (AvgIpc) is 2.96. The molecule has 0 saturated heterocycles. The summed E-state index contributed by atoms with van der Waals surface area (Å²) in [6.07, 6.45) is 1.60. The van der Waals surface area contributed by atoms with Gasteiger partial charge in [-0.25, -0.2) is 0 Å². The number of methoxy groups -OCH3 is 1. The Labute approximate surface area is 141 Å². The van der Waals surface area contributed by atoms with Gasteiger partial charge in [-0.15, -0.1) is 11.3 Å². The van der Waals surface area contributed by atoms with Gasteiger partial charge in [0.2, 0.25) is 5.91 Å². The van der Waals surface area contributed by atoms with E-state index in [9.17, 15) is 14.4 Å². The van der Waals surface area contributed by atoms with Crippen LogP contribution in [0.5, 0.6) is 0 Å². The van der Waals surface area contributed by atoms with Crippen LogP contribution in [0.2, 0.25) is 0 Å². The number of carbonyl (C=O) groups is 3. The molecule has 6 heteroatoms. The molecule has 0 unspecified atom stereocenters. The number of rotatable bonds is 11. The van der Waals surface area contributed by atoms with Gasteiger partial charge in [0, 0.05) is 57.9 Å². The summed E-state index contributed by atoms with van der Waals surface area (Å²) in [6, 6.07) is 3.70. The molecule has 0 aliphatic carbocycles. The predicted molar refractivity (Wildman–Crippen MR) is 91.0 cm³/mol. The van der Waals surface area contributed by atoms with Crippen molar-refractivity contribution < 1.29 is 19.1 Å². The summed E-state index contributed by atoms with van der Waals surface area (Å²) in [6.45, 7) is 3.18. The molecular formula is C17H25NO4S. The summed E-state index contributed by atoms with van der Waals surface area (Å²) in [7, 11) is 3.35. The van der Waals surface area contributed by atoms with Gasteiger partial charge in [-0.05, 0) is 25.5 Å². The molecule has 1 aromatic heterocycles. The monoisotopic (exact) mass is 339 g/mol. The lowest BCUT2D eigenvalue weighted by Crippen LogP contribution is -2.28. The highest BCUT2D eigenvalue weighted by Crippen LogP contribution is 2.17. The zero-order valence-corrected chi connectivity index (χ0v) is 14.9. The van der Waals surface area contributed by atoms with Gasteiger partial charge in [0.05, 0.1) is 4.88 Å². The van der Waals surface area contributed by atoms with E-state index in [1.807, 2.05) is 13.0 Å². The number of hydrogen-bond donors (Lipinski definition) is 0. The molecule has 23 heavy (non-hydrogen) atoms. The third-order valence-corrected chi connectivity index (χ3v) is 4.57. The molecule has 0 N–H and O–H groups in total. The molecule has 0 aromatic carbocycles. The first kappa shape index (κ1) is 19.5. The van der Waals surface area contributed by atoms with Crippen molar-refractivity contribution in [1.82, 2.24) is 4.90 Å². The summed E-state index contributed by atoms with van der Waals surface area (Å²) in [5.74, 6) is -0.0839. The molecule has 0 atom stereocenters. The van der Waals surface area contributed by atoms with Crippen molar-refractivity contribution in [3.8, 4) is 0 Å². The SMILES string of the molecule is COCCCN(C)C(=O)CCC(=O)CCC(=O)c1ccc(C)s1. The minimum atomic E-state index is -0.0466. The molecule has 5 nitrogen and oxygen atoms in total. The van der Waals surface area contributed by atoms with Gasteiger partial charge in [-0.3, -0.25) is 14.4 Å². The Bertz CT molecular complexity index is 538. The first-order valence-corrected chi connectivity index (χ1v) is 8.60. The maximum absolute atomic E-state index is 11.9. The van der Waals surface area contributed by atoms with Crippen LogP contribution < -0.4 is 0 Å². The van der Waals surface area contributed by atoms with Crippen molar-refractivity contribution in [2.75, 3.05) is 27.3 Å². The maximum atomic E-state index is 11.9. The molecular weight excluding hydrogens is 314 g/mol. The van der Waals surface area contributed by atoms with E-state index in [0.29, 0.717) is 18.0 Å². The Morgan fingerprint density at radius 3 is 2.43 bits per heavy atom. The van der Waals surface area contributed by atoms with Gasteiger partial charge >= 0.3 is 0 Å². The van der Waals surface area contributed by atoms with Crippen LogP contribution in [-0.2, 0) is 14.3 Å². The first-order valence-electron chi connectivity index (χ1n) is 7.78. The molecule has 1 heterocycles. The Kier molecular flexibility index (Phi) is 8.73. The summed E-state index contributed by atoms with van der Waals surface area (Å²) in [5, 5.41) is 0. The molecule has 0 spiro atoms. The van der Waals surface area contributed by atoms with Gasteiger partial charge < -0.3 is 9.64 Å². The van der Waals surface area contributed by atoms with Crippen LogP contribution in [0.15, 0.2) is 12.1 Å². The van der Waals surface area contributed by atoms with Crippen molar-refractivity contribution in [2.24, 2.45) is 0 Å². The normalized spacial score (nSPS) is 10.6. The molecule has 0 fully saturated rings. The van der Waals surface area contributed by atoms with E-state index in [4.69, 9.17) is 4.74 Å². The van der Waals surface area contributed by atoms with Crippen LogP contribution in [0.4, 0.5) is 0 Å². The summed E-state index contributed by atoms with van der Waals surface area (Å²) in [5.41, 5.74) is 0. The molecule has 0 radical (unpaired) electrons. The summed E-state index contributed by atoms with van der Waals surface area (Å²) >= 11 is 1.45. The van der Waals surface area contributed by atoms with E-state index in [1.165, 1.54) is 11.3 Å². The Hall–Kier alpha value is -1.53. The maximum Gasteiger partial charge on any atom is 0.222 e. The van der Waals surface area contributed by atoms with Gasteiger partial charge in [-0.2, -0.15) is 0 Å². The quantitative estimate of drug-likeness (QED) is 0.459. The molecule has 128 valence electrons. The standard InChI is InChI=1S/C17H25NO4S/c1-13-5-9-16(23-13)15(20)8-6-14(19)7-10-17(21)18(2)11-4-12-22-3/h5,9H,4,6-8,10-12H2,1-3H3. The minimum absolute atomic E-state index is 0.000500. The molecule has 0 bridgehead atoms. The average molecular weight is 339 g/mol. The second-order valence-corrected chi connectivity index (χ2v) is 6.82. The number of Topliss-reactive ketones (excluding diaryl/α,β-unsaturated/α-hetero) is 2. The molecule has 1 aromatic rings. The van der Waals surface area contributed by atoms with Crippen LogP contribution in [0.3, 0.4) is 0 Å². The lowest BCUT2D eigenvalue weighted by atomic mass is 10.1. The third kappa shape index (κ3) is 7.52. The number of hydrogen-bond acceptors (Lipinski definition) is 5. The third-order valence-electron chi connectivity index (χ3n) is 3.53. The fourth-order valence-corrected chi connectivity index (χ4v) is 2.93. The van der Waals surface area contributed by atoms with E-state index >= 15 is 0 Å². The fourth-order valence-electron chi connectivity index (χ4n) is 2.09. The highest BCUT2D eigenvalue weighted by atomic mass is 32.1. The summed E-state index contributed by atoms with van der Waals surface area (Å²) in [4.78, 5) is 39.0. The number of amides is 1. The molecule has 1 rings (SSSR count). The number of carbonyl (C=O) groups excluding carboxylic acids is 3. The van der Waals surface area contributed by atoms with Crippen molar-refractivity contribution in [2.45, 2.75) is 39.0 Å². The molecule has 0 saturated carbocycles. The van der Waals surface area contributed by atoms with Crippen molar-refractivity contribution in [3.63, 3.8) is 0 Å². The second-order valence-electron chi connectivity index (χ2n) is 5.53. The largest absolute Gasteiger partial charge is 0.385 e. The van der Waals surface area contributed by atoms with Gasteiger partial charge in [0.1, 0.15) is 5.78 Å². The molecule has 1 amide bonds. The summed E-state index contributed by atoms with van der Waals surface area (Å²) < 4.78 is 4.94. The van der Waals surface area contributed by atoms with E-state index in [-0.39, 0.29) is 43.2 Å². The van der Waals surface area contributed by atoms with E-state index in [1.54, 1.807) is 25.1 Å². The Balaban J connectivity index is 2.23. The van der Waals surface area contributed by atoms with Gasteiger partial charge in [0.15, 0.2) is 5.78 Å². The lowest BCUT2D eigenvalue weighted by molar-refractivity contribution is -0.132. The van der Waals surface area contributed by atoms with Crippen LogP contribution >= 0.6 is 11.3 Å². The first-order chi connectivity index (χ1) is 10.9. The Morgan fingerprint density at radius 2 is 1.83 bits per heavy atom. The number of aryl methyl sites for hydroxylation is 1. The fraction of sp³-hybridized carbons (Fsp3) is 0.588. The Morgan fingerprint density at radius 1 is 1.13 bits per heavy atom. The number of ketones is 2. The topological polar surface area (TPSA) is 63.7 Å². The lowest BCUT2D eigenvalue weighted by Gasteiger charge is -2.16. The zero-order chi connectivity index (χ0) is 17.2. The zero-order valence-electron chi connectivity index (χ0n) is 14.1.